The van der Waals surface area contributed by atoms with Gasteiger partial charge in [0.15, 0.2) is 0 Å². The number of nitrogens with two attached hydrogens (primary N) is 1. The molecule has 1 rings (SSSR count). The number of hydrogen-bond donors (Lipinski definition) is 1. The van der Waals surface area contributed by atoms with Gasteiger partial charge in [-0.15, -0.1) is 6.58 Å². The van der Waals surface area contributed by atoms with E-state index in [1.54, 1.807) is 0 Å². The first-order valence-electron chi connectivity index (χ1n) is 6.99. The molecule has 0 spiro atoms. The third kappa shape index (κ3) is 6.74. The fourth-order valence-corrected chi connectivity index (χ4v) is 4.54. The molecule has 1 aromatic carbocycles. The zero-order valence-electron chi connectivity index (χ0n) is 13.5. The summed E-state index contributed by atoms with van der Waals surface area (Å²) in [6.45, 7) is 1.78. The van der Waals surface area contributed by atoms with Crippen molar-refractivity contribution in [3.63, 3.8) is 0 Å². The highest BCUT2D eigenvalue weighted by atomic mass is 33.1. The monoisotopic (exact) mass is 436 g/mol. The van der Waals surface area contributed by atoms with Gasteiger partial charge < -0.3 is 5.73 Å². The predicted octanol–water partition coefficient (Wildman–Crippen LogP) is 3.18. The summed E-state index contributed by atoms with van der Waals surface area (Å²) >= 11 is 0. The molecule has 0 bridgehead atoms. The van der Waals surface area contributed by atoms with Gasteiger partial charge in [0, 0.05) is 13.1 Å². The van der Waals surface area contributed by atoms with Crippen molar-refractivity contribution >= 4 is 25.8 Å². The average Bonchev–Trinajstić information content (AvgIpc) is 2.50. The molecule has 27 heavy (non-hydrogen) atoms. The molecule has 2 N–H and O–H groups in total. The Labute approximate surface area is 154 Å². The quantitative estimate of drug-likeness (QED) is 0.386. The van der Waals surface area contributed by atoms with Gasteiger partial charge in [-0.05, 0) is 34.6 Å². The summed E-state index contributed by atoms with van der Waals surface area (Å²) in [5.74, 6) is -1.66. The highest BCUT2D eigenvalue weighted by Crippen LogP contribution is 2.37. The molecule has 5 nitrogen and oxygen atoms in total. The van der Waals surface area contributed by atoms with Crippen LogP contribution in [0.1, 0.15) is 16.7 Å². The Bertz CT molecular complexity index is 806. The van der Waals surface area contributed by atoms with E-state index < -0.39 is 62.8 Å². The zero-order chi connectivity index (χ0) is 21.0. The van der Waals surface area contributed by atoms with Crippen molar-refractivity contribution in [3.8, 4) is 0 Å². The Balaban J connectivity index is 3.38. The lowest BCUT2D eigenvalue weighted by molar-refractivity contribution is -0.142. The number of primary amides is 1. The molecule has 0 aliphatic carbocycles. The molecular weight excluding hydrogens is 422 g/mol. The second-order valence-electron chi connectivity index (χ2n) is 5.13. The maximum absolute atomic E-state index is 13.1. The number of halogens is 6. The normalized spacial score (nSPS) is 13.0. The van der Waals surface area contributed by atoms with E-state index in [1.165, 1.54) is 0 Å². The first kappa shape index (κ1) is 23.3. The molecule has 0 aliphatic rings. The number of rotatable bonds is 8. The minimum absolute atomic E-state index is 0.0496. The van der Waals surface area contributed by atoms with Crippen LogP contribution in [0.2, 0.25) is 0 Å². The topological polar surface area (TPSA) is 80.5 Å². The van der Waals surface area contributed by atoms with Gasteiger partial charge in [0.05, 0.1) is 16.9 Å². The summed E-state index contributed by atoms with van der Waals surface area (Å²) in [5.41, 5.74) is 1.19. The van der Waals surface area contributed by atoms with Crippen LogP contribution in [0.5, 0.6) is 0 Å². The summed E-state index contributed by atoms with van der Waals surface area (Å²) in [5, 5.41) is 0. The van der Waals surface area contributed by atoms with Crippen LogP contribution in [-0.2, 0) is 32.7 Å². The minimum Gasteiger partial charge on any atom is -0.369 e. The predicted molar refractivity (Wildman–Crippen MR) is 87.6 cm³/mol. The number of amides is 1. The average molecular weight is 436 g/mol. The second kappa shape index (κ2) is 8.52. The number of carbonyl (C=O) groups excluding carboxylic acids is 1. The van der Waals surface area contributed by atoms with Crippen molar-refractivity contribution in [1.82, 2.24) is 4.31 Å². The molecule has 0 radical (unpaired) electrons. The van der Waals surface area contributed by atoms with Gasteiger partial charge >= 0.3 is 12.4 Å². The van der Waals surface area contributed by atoms with Crippen LogP contribution in [0.15, 0.2) is 30.9 Å². The van der Waals surface area contributed by atoms with Gasteiger partial charge in [0.1, 0.15) is 0 Å². The van der Waals surface area contributed by atoms with Crippen LogP contribution in [0.25, 0.3) is 0 Å². The van der Waals surface area contributed by atoms with E-state index in [4.69, 9.17) is 5.73 Å². The van der Waals surface area contributed by atoms with Crippen molar-refractivity contribution < 1.29 is 39.6 Å². The van der Waals surface area contributed by atoms with Crippen LogP contribution in [0.3, 0.4) is 0 Å². The van der Waals surface area contributed by atoms with Gasteiger partial charge in [0.25, 0.3) is 9.06 Å². The van der Waals surface area contributed by atoms with E-state index in [0.717, 1.165) is 6.08 Å². The van der Waals surface area contributed by atoms with Crippen molar-refractivity contribution in [1.29, 1.82) is 0 Å². The van der Waals surface area contributed by atoms with Crippen LogP contribution in [-0.4, -0.2) is 30.9 Å². The molecule has 0 saturated carbocycles. The summed E-state index contributed by atoms with van der Waals surface area (Å²) in [6, 6.07) is 0.751. The van der Waals surface area contributed by atoms with Gasteiger partial charge in [-0.1, -0.05) is 6.08 Å². The van der Waals surface area contributed by atoms with Crippen molar-refractivity contribution in [2.75, 3.05) is 12.3 Å². The number of alkyl halides is 6. The van der Waals surface area contributed by atoms with Crippen molar-refractivity contribution in [3.05, 3.63) is 47.5 Å². The van der Waals surface area contributed by atoms with Crippen molar-refractivity contribution in [2.45, 2.75) is 18.9 Å². The fourth-order valence-electron chi connectivity index (χ4n) is 1.95. The molecule has 0 unspecified atom stereocenters. The summed E-state index contributed by atoms with van der Waals surface area (Å²) < 4.78 is 103. The standard InChI is InChI=1S/C14H14F6N2O3S2/c1-2-5-22(27(24,25)26-8-12(21)23)7-9-6-10(13(15,16)17)3-4-11(9)14(18,19)20/h2-4,6H,1,5,7-8H2,(H2,21,23). The van der Waals surface area contributed by atoms with E-state index in [2.05, 4.69) is 6.58 Å². The number of nitrogens with zero attached hydrogens (tertiary/aromatic N) is 1. The fraction of sp³-hybridized carbons (Fsp3) is 0.357. The first-order valence-corrected chi connectivity index (χ1v) is 9.93. The Morgan fingerprint density at radius 1 is 1.19 bits per heavy atom. The van der Waals surface area contributed by atoms with Gasteiger partial charge in [-0.3, -0.25) is 4.79 Å². The van der Waals surface area contributed by atoms with Gasteiger partial charge in [0.2, 0.25) is 5.91 Å². The molecule has 0 heterocycles. The number of benzene rings is 1. The lowest BCUT2D eigenvalue weighted by Crippen LogP contribution is -2.31. The second-order valence-corrected chi connectivity index (χ2v) is 9.00. The maximum Gasteiger partial charge on any atom is 0.416 e. The lowest BCUT2D eigenvalue weighted by atomic mass is 10.0. The lowest BCUT2D eigenvalue weighted by Gasteiger charge is -2.23. The Morgan fingerprint density at radius 2 is 1.78 bits per heavy atom. The van der Waals surface area contributed by atoms with E-state index in [1.807, 2.05) is 0 Å². The van der Waals surface area contributed by atoms with Crippen LogP contribution in [0, 0.1) is 0 Å². The summed E-state index contributed by atoms with van der Waals surface area (Å²) in [4.78, 5) is 10.7. The van der Waals surface area contributed by atoms with Crippen LogP contribution < -0.4 is 5.73 Å². The highest BCUT2D eigenvalue weighted by molar-refractivity contribution is 8.71. The Morgan fingerprint density at radius 3 is 2.22 bits per heavy atom. The zero-order valence-corrected chi connectivity index (χ0v) is 15.1. The Hall–Kier alpha value is -1.73. The third-order valence-electron chi connectivity index (χ3n) is 3.08. The molecule has 0 saturated heterocycles. The smallest absolute Gasteiger partial charge is 0.369 e. The molecule has 0 atom stereocenters. The maximum atomic E-state index is 13.1. The summed E-state index contributed by atoms with van der Waals surface area (Å²) in [7, 11) is -4.31. The largest absolute Gasteiger partial charge is 0.416 e. The Kier molecular flexibility index (Phi) is 7.36. The highest BCUT2D eigenvalue weighted by Gasteiger charge is 2.38. The molecule has 0 fully saturated rings. The molecule has 1 amide bonds. The molecule has 0 aliphatic heterocycles. The van der Waals surface area contributed by atoms with Crippen LogP contribution >= 0.6 is 10.8 Å². The molecule has 152 valence electrons. The minimum atomic E-state index is -5.00. The third-order valence-corrected chi connectivity index (χ3v) is 6.57. The van der Waals surface area contributed by atoms with Crippen LogP contribution in [0.4, 0.5) is 26.3 Å². The molecule has 13 heteroatoms. The van der Waals surface area contributed by atoms with Gasteiger partial charge in [-0.25, -0.2) is 8.42 Å². The van der Waals surface area contributed by atoms with Crippen molar-refractivity contribution in [2.24, 2.45) is 5.73 Å². The van der Waals surface area contributed by atoms with Gasteiger partial charge in [-0.2, -0.15) is 30.6 Å². The molecule has 0 aromatic heterocycles. The van der Waals surface area contributed by atoms with E-state index in [-0.39, 0.29) is 29.0 Å². The molecule has 1 aromatic rings. The van der Waals surface area contributed by atoms with E-state index in [0.29, 0.717) is 4.31 Å². The summed E-state index contributed by atoms with van der Waals surface area (Å²) in [6.07, 6.45) is -8.87. The molecular formula is C14H14F6N2O3S2. The number of hydrogen-bond acceptors (Lipinski definition) is 4. The first-order chi connectivity index (χ1) is 12.2. The number of carbonyl (C=O) groups is 1. The van der Waals surface area contributed by atoms with E-state index >= 15 is 0 Å². The SMILES string of the molecule is C=CCN(Cc1cc(C(F)(F)F)ccc1C(F)(F)F)S(=O)(=O)SCC(N)=O. The van der Waals surface area contributed by atoms with E-state index in [9.17, 15) is 39.6 Å².